The minimum absolute atomic E-state index is 0.00743. The Morgan fingerprint density at radius 1 is 1.23 bits per heavy atom. The average molecular weight is 201 g/mol. The fourth-order valence-electron chi connectivity index (χ4n) is 0.157. The molecule has 0 unspecified atom stereocenters. The number of carbonyl (C=O) groups excluding carboxylic acids is 1. The van der Waals surface area contributed by atoms with Crippen LogP contribution in [0, 0.1) is 0 Å². The van der Waals surface area contributed by atoms with Crippen molar-refractivity contribution < 1.29 is 18.0 Å². The van der Waals surface area contributed by atoms with Crippen LogP contribution in [0.2, 0.25) is 0 Å². The number of hydrogen-bond acceptors (Lipinski definition) is 1. The van der Waals surface area contributed by atoms with Crippen molar-refractivity contribution in [1.82, 2.24) is 5.32 Å². The fraction of sp³-hybridized carbons (Fsp3) is 0.875. The molecule has 5 heteroatoms. The van der Waals surface area contributed by atoms with E-state index in [1.54, 1.807) is 0 Å². The molecule has 0 aromatic heterocycles. The van der Waals surface area contributed by atoms with E-state index >= 15 is 0 Å². The molecule has 0 bridgehead atoms. The van der Waals surface area contributed by atoms with Crippen LogP contribution in [0.3, 0.4) is 0 Å². The van der Waals surface area contributed by atoms with Crippen LogP contribution >= 0.6 is 0 Å². The van der Waals surface area contributed by atoms with E-state index in [1.807, 2.05) is 13.8 Å². The largest absolute Gasteiger partial charge is 0.405 e. The summed E-state index contributed by atoms with van der Waals surface area (Å²) in [5.41, 5.74) is 0. The van der Waals surface area contributed by atoms with Gasteiger partial charge in [-0.25, -0.2) is 0 Å². The monoisotopic (exact) mass is 201 g/mol. The Morgan fingerprint density at radius 2 is 1.54 bits per heavy atom. The van der Waals surface area contributed by atoms with Crippen LogP contribution in [0.1, 0.15) is 34.1 Å². The van der Waals surface area contributed by atoms with Crippen LogP contribution in [0.25, 0.3) is 0 Å². The number of nitrogens with one attached hydrogen (secondary N) is 1. The van der Waals surface area contributed by atoms with E-state index in [2.05, 4.69) is 13.8 Å². The normalized spacial score (nSPS) is 8.54. The van der Waals surface area contributed by atoms with Gasteiger partial charge >= 0.3 is 6.18 Å². The van der Waals surface area contributed by atoms with Crippen molar-refractivity contribution >= 4 is 6.41 Å². The first-order valence-corrected chi connectivity index (χ1v) is 4.21. The highest BCUT2D eigenvalue weighted by Gasteiger charge is 2.25. The molecule has 0 aliphatic rings. The lowest BCUT2D eigenvalue weighted by molar-refractivity contribution is -0.132. The smallest absolute Gasteiger partial charge is 0.350 e. The van der Waals surface area contributed by atoms with Crippen LogP contribution in [-0.2, 0) is 4.79 Å². The number of hydrogen-bond donors (Lipinski definition) is 1. The molecule has 2 nitrogen and oxygen atoms in total. The van der Waals surface area contributed by atoms with Crippen molar-refractivity contribution in [3.8, 4) is 0 Å². The number of alkyl halides is 3. The molecule has 0 saturated heterocycles. The standard InChI is InChI=1S/C3H4F3NO.C3H8.C2H6/c4-3(5,6)1-7-2-8;1-3-2;1-2/h2H,1H2,(H,7,8);3H2,1-2H3;1-2H3. The summed E-state index contributed by atoms with van der Waals surface area (Å²) in [5.74, 6) is 0. The molecule has 13 heavy (non-hydrogen) atoms. The summed E-state index contributed by atoms with van der Waals surface area (Å²) in [5, 5.41) is 1.48. The quantitative estimate of drug-likeness (QED) is 0.684. The van der Waals surface area contributed by atoms with Gasteiger partial charge in [-0.2, -0.15) is 13.2 Å². The topological polar surface area (TPSA) is 29.1 Å². The van der Waals surface area contributed by atoms with Gasteiger partial charge in [0.25, 0.3) is 0 Å². The Morgan fingerprint density at radius 3 is 1.62 bits per heavy atom. The first-order chi connectivity index (χ1) is 5.97. The molecule has 1 amide bonds. The van der Waals surface area contributed by atoms with Crippen LogP contribution in [-0.4, -0.2) is 19.1 Å². The Bertz CT molecular complexity index is 93.9. The molecule has 0 aliphatic heterocycles. The lowest BCUT2D eigenvalue weighted by atomic mass is 10.6. The van der Waals surface area contributed by atoms with Crippen LogP contribution in [0.5, 0.6) is 0 Å². The summed E-state index contributed by atoms with van der Waals surface area (Å²) in [7, 11) is 0. The fourth-order valence-corrected chi connectivity index (χ4v) is 0.157. The molecule has 0 aromatic carbocycles. The molecule has 1 N–H and O–H groups in total. The van der Waals surface area contributed by atoms with Crippen LogP contribution in [0.4, 0.5) is 13.2 Å². The van der Waals surface area contributed by atoms with E-state index in [0.29, 0.717) is 0 Å². The van der Waals surface area contributed by atoms with Crippen LogP contribution < -0.4 is 5.32 Å². The van der Waals surface area contributed by atoms with E-state index in [0.717, 1.165) is 0 Å². The van der Waals surface area contributed by atoms with Crippen molar-refractivity contribution in [3.63, 3.8) is 0 Å². The summed E-state index contributed by atoms with van der Waals surface area (Å²) in [4.78, 5) is 9.24. The first-order valence-electron chi connectivity index (χ1n) is 4.21. The lowest BCUT2D eigenvalue weighted by Crippen LogP contribution is -2.27. The molecule has 0 fully saturated rings. The van der Waals surface area contributed by atoms with Gasteiger partial charge in [-0.05, 0) is 0 Å². The van der Waals surface area contributed by atoms with E-state index in [-0.39, 0.29) is 6.41 Å². The molecule has 0 spiro atoms. The van der Waals surface area contributed by atoms with E-state index < -0.39 is 12.7 Å². The SMILES string of the molecule is CC.CCC.O=CNCC(F)(F)F. The second-order valence-electron chi connectivity index (χ2n) is 1.82. The second-order valence-corrected chi connectivity index (χ2v) is 1.82. The van der Waals surface area contributed by atoms with Gasteiger partial charge in [-0.3, -0.25) is 4.79 Å². The molecule has 0 saturated carbocycles. The summed E-state index contributed by atoms with van der Waals surface area (Å²) in [6.07, 6.45) is -3.03. The van der Waals surface area contributed by atoms with Gasteiger partial charge < -0.3 is 5.32 Å². The van der Waals surface area contributed by atoms with Crippen molar-refractivity contribution in [2.45, 2.75) is 40.3 Å². The van der Waals surface area contributed by atoms with Gasteiger partial charge in [0.1, 0.15) is 6.54 Å². The third kappa shape index (κ3) is 53.2. The summed E-state index contributed by atoms with van der Waals surface area (Å²) in [6.45, 7) is 7.00. The van der Waals surface area contributed by atoms with Gasteiger partial charge in [0.2, 0.25) is 6.41 Å². The predicted octanol–water partition coefficient (Wildman–Crippen LogP) is 2.74. The molecule has 0 aliphatic carbocycles. The summed E-state index contributed by atoms with van der Waals surface area (Å²) in [6, 6.07) is 0. The van der Waals surface area contributed by atoms with Crippen molar-refractivity contribution in [2.75, 3.05) is 6.54 Å². The minimum Gasteiger partial charge on any atom is -0.350 e. The van der Waals surface area contributed by atoms with Crippen molar-refractivity contribution in [1.29, 1.82) is 0 Å². The van der Waals surface area contributed by atoms with Crippen molar-refractivity contribution in [3.05, 3.63) is 0 Å². The molecular formula is C8H18F3NO. The number of halogens is 3. The molecule has 0 rings (SSSR count). The summed E-state index contributed by atoms with van der Waals surface area (Å²) < 4.78 is 33.1. The predicted molar refractivity (Wildman–Crippen MR) is 47.4 cm³/mol. The third-order valence-electron chi connectivity index (χ3n) is 0.386. The van der Waals surface area contributed by atoms with E-state index in [9.17, 15) is 18.0 Å². The number of rotatable bonds is 2. The average Bonchev–Trinajstić information content (AvgIpc) is 2.05. The highest BCUT2D eigenvalue weighted by Crippen LogP contribution is 2.11. The number of carbonyl (C=O) groups is 1. The Balaban J connectivity index is -0.000000169. The molecule has 0 radical (unpaired) electrons. The molecule has 0 atom stereocenters. The number of amides is 1. The van der Waals surface area contributed by atoms with Gasteiger partial charge in [0.05, 0.1) is 0 Å². The molecule has 82 valence electrons. The van der Waals surface area contributed by atoms with Gasteiger partial charge in [-0.15, -0.1) is 0 Å². The summed E-state index contributed by atoms with van der Waals surface area (Å²) >= 11 is 0. The highest BCUT2D eigenvalue weighted by molar-refractivity contribution is 5.45. The van der Waals surface area contributed by atoms with E-state index in [1.165, 1.54) is 11.7 Å². The Kier molecular flexibility index (Phi) is 19.3. The zero-order valence-corrected chi connectivity index (χ0v) is 8.53. The van der Waals surface area contributed by atoms with Gasteiger partial charge in [0.15, 0.2) is 0 Å². The third-order valence-corrected chi connectivity index (χ3v) is 0.386. The maximum Gasteiger partial charge on any atom is 0.405 e. The Hall–Kier alpha value is -0.740. The molecular weight excluding hydrogens is 183 g/mol. The molecule has 0 heterocycles. The Labute approximate surface area is 77.5 Å². The zero-order chi connectivity index (χ0) is 11.3. The lowest BCUT2D eigenvalue weighted by Gasteiger charge is -2.01. The van der Waals surface area contributed by atoms with E-state index in [4.69, 9.17) is 0 Å². The minimum atomic E-state index is -4.29. The van der Waals surface area contributed by atoms with Crippen molar-refractivity contribution in [2.24, 2.45) is 0 Å². The maximum absolute atomic E-state index is 11.0. The van der Waals surface area contributed by atoms with Gasteiger partial charge in [0, 0.05) is 0 Å². The molecule has 0 aromatic rings. The van der Waals surface area contributed by atoms with Gasteiger partial charge in [-0.1, -0.05) is 34.1 Å². The zero-order valence-electron chi connectivity index (χ0n) is 8.53. The highest BCUT2D eigenvalue weighted by atomic mass is 19.4. The first kappa shape index (κ1) is 18.1. The second kappa shape index (κ2) is 13.8. The van der Waals surface area contributed by atoms with Crippen LogP contribution in [0.15, 0.2) is 0 Å². The maximum atomic E-state index is 11.0.